The summed E-state index contributed by atoms with van der Waals surface area (Å²) in [5.74, 6) is -1.75. The number of nitrogens with zero attached hydrogens (tertiary/aromatic N) is 4. The van der Waals surface area contributed by atoms with Gasteiger partial charge in [0.25, 0.3) is 5.56 Å². The molecule has 1 aliphatic heterocycles. The molecule has 1 aromatic heterocycles. The fraction of sp³-hybridized carbons (Fsp3) is 0.375. The van der Waals surface area contributed by atoms with E-state index in [-0.39, 0.29) is 26.8 Å². The van der Waals surface area contributed by atoms with Crippen LogP contribution in [-0.2, 0) is 4.79 Å². The van der Waals surface area contributed by atoms with Crippen molar-refractivity contribution >= 4 is 38.4 Å². The van der Waals surface area contributed by atoms with Crippen molar-refractivity contribution in [2.45, 2.75) is 24.7 Å². The number of amides is 1. The van der Waals surface area contributed by atoms with E-state index in [2.05, 4.69) is 40.8 Å². The number of rotatable bonds is 5. The Morgan fingerprint density at radius 3 is 2.49 bits per heavy atom. The number of nitrogens with one attached hydrogen (secondary N) is 1. The SMILES string of the molecule is CN1CCN(C2(C(=O)Nc3cc(-n4cnc5c(F)c(Br)ccc5c4=O)ccc3OC(F)(F)F)CC2)CC1. The number of alkyl halides is 3. The van der Waals surface area contributed by atoms with Gasteiger partial charge in [0.2, 0.25) is 5.91 Å². The summed E-state index contributed by atoms with van der Waals surface area (Å²) in [6.45, 7) is 2.89. The number of likely N-dealkylation sites (N-methyl/N-ethyl adjacent to an activating group) is 1. The van der Waals surface area contributed by atoms with Crippen LogP contribution in [-0.4, -0.2) is 70.4 Å². The molecular formula is C24H22BrF4N5O3. The number of anilines is 1. The Balaban J connectivity index is 1.51. The molecule has 0 unspecified atom stereocenters. The van der Waals surface area contributed by atoms with Crippen LogP contribution in [0.25, 0.3) is 16.6 Å². The average Bonchev–Trinajstić information content (AvgIpc) is 3.65. The van der Waals surface area contributed by atoms with Crippen LogP contribution >= 0.6 is 15.9 Å². The molecule has 8 nitrogen and oxygen atoms in total. The van der Waals surface area contributed by atoms with Crippen LogP contribution in [0.1, 0.15) is 12.8 Å². The fourth-order valence-corrected chi connectivity index (χ4v) is 4.90. The Bertz CT molecular complexity index is 1430. The van der Waals surface area contributed by atoms with E-state index in [9.17, 15) is 27.2 Å². The molecule has 1 N–H and O–H groups in total. The number of fused-ring (bicyclic) bond motifs is 1. The van der Waals surface area contributed by atoms with Gasteiger partial charge in [0.05, 0.1) is 21.2 Å². The van der Waals surface area contributed by atoms with Gasteiger partial charge in [-0.3, -0.25) is 19.1 Å². The molecule has 0 radical (unpaired) electrons. The largest absolute Gasteiger partial charge is 0.573 e. The summed E-state index contributed by atoms with van der Waals surface area (Å²) in [5.41, 5.74) is -1.69. The highest BCUT2D eigenvalue weighted by Gasteiger charge is 2.55. The van der Waals surface area contributed by atoms with Crippen molar-refractivity contribution < 1.29 is 27.1 Å². The maximum atomic E-state index is 14.4. The van der Waals surface area contributed by atoms with Crippen LogP contribution in [0.15, 0.2) is 45.9 Å². The molecule has 37 heavy (non-hydrogen) atoms. The first-order chi connectivity index (χ1) is 17.5. The van der Waals surface area contributed by atoms with Crippen molar-refractivity contribution in [3.05, 3.63) is 57.3 Å². The number of carbonyl (C=O) groups is 1. The molecule has 0 spiro atoms. The van der Waals surface area contributed by atoms with E-state index in [1.54, 1.807) is 0 Å². The van der Waals surface area contributed by atoms with E-state index in [0.29, 0.717) is 25.9 Å². The van der Waals surface area contributed by atoms with Gasteiger partial charge < -0.3 is 15.0 Å². The number of benzene rings is 2. The number of carbonyl (C=O) groups excluding carboxylic acids is 1. The van der Waals surface area contributed by atoms with E-state index in [1.807, 2.05) is 7.05 Å². The predicted octanol–water partition coefficient (Wildman–Crippen LogP) is 3.90. The highest BCUT2D eigenvalue weighted by atomic mass is 79.9. The van der Waals surface area contributed by atoms with Crippen LogP contribution in [0.3, 0.4) is 0 Å². The molecule has 1 amide bonds. The summed E-state index contributed by atoms with van der Waals surface area (Å²) in [4.78, 5) is 34.6. The van der Waals surface area contributed by atoms with Crippen molar-refractivity contribution in [1.82, 2.24) is 19.4 Å². The van der Waals surface area contributed by atoms with Crippen LogP contribution in [0.5, 0.6) is 5.75 Å². The van der Waals surface area contributed by atoms with Gasteiger partial charge in [0, 0.05) is 26.2 Å². The van der Waals surface area contributed by atoms with Gasteiger partial charge in [-0.25, -0.2) is 9.37 Å². The molecule has 3 aromatic rings. The minimum Gasteiger partial charge on any atom is -0.404 e. The van der Waals surface area contributed by atoms with Gasteiger partial charge in [-0.05, 0) is 66.2 Å². The Hall–Kier alpha value is -3.03. The van der Waals surface area contributed by atoms with Crippen molar-refractivity contribution in [3.8, 4) is 11.4 Å². The number of hydrogen-bond donors (Lipinski definition) is 1. The summed E-state index contributed by atoms with van der Waals surface area (Å²) in [7, 11) is 1.99. The highest BCUT2D eigenvalue weighted by Crippen LogP contribution is 2.44. The summed E-state index contributed by atoms with van der Waals surface area (Å²) in [6, 6.07) is 6.22. The molecule has 1 saturated carbocycles. The summed E-state index contributed by atoms with van der Waals surface area (Å²) >= 11 is 3.05. The van der Waals surface area contributed by atoms with Crippen LogP contribution in [0, 0.1) is 5.82 Å². The van der Waals surface area contributed by atoms with Crippen LogP contribution < -0.4 is 15.6 Å². The maximum Gasteiger partial charge on any atom is 0.573 e. The lowest BCUT2D eigenvalue weighted by Gasteiger charge is -2.37. The minimum atomic E-state index is -5.00. The first-order valence-corrected chi connectivity index (χ1v) is 12.3. The second kappa shape index (κ2) is 9.37. The predicted molar refractivity (Wildman–Crippen MR) is 131 cm³/mol. The number of halogens is 5. The van der Waals surface area contributed by atoms with Gasteiger partial charge in [-0.1, -0.05) is 0 Å². The highest BCUT2D eigenvalue weighted by molar-refractivity contribution is 9.10. The van der Waals surface area contributed by atoms with E-state index in [4.69, 9.17) is 0 Å². The Morgan fingerprint density at radius 2 is 1.84 bits per heavy atom. The van der Waals surface area contributed by atoms with Gasteiger partial charge >= 0.3 is 6.36 Å². The lowest BCUT2D eigenvalue weighted by Crippen LogP contribution is -2.54. The van der Waals surface area contributed by atoms with E-state index >= 15 is 0 Å². The van der Waals surface area contributed by atoms with Crippen molar-refractivity contribution in [2.24, 2.45) is 0 Å². The second-order valence-electron chi connectivity index (χ2n) is 9.18. The number of aromatic nitrogens is 2. The number of piperazine rings is 1. The third kappa shape index (κ3) is 4.94. The topological polar surface area (TPSA) is 79.7 Å². The molecule has 1 saturated heterocycles. The van der Waals surface area contributed by atoms with Crippen LogP contribution in [0.2, 0.25) is 0 Å². The molecule has 0 bridgehead atoms. The third-order valence-electron chi connectivity index (χ3n) is 6.79. The summed E-state index contributed by atoms with van der Waals surface area (Å²) in [5, 5.41) is 2.59. The molecule has 13 heteroatoms. The second-order valence-corrected chi connectivity index (χ2v) is 10.0. The van der Waals surface area contributed by atoms with Crippen molar-refractivity contribution in [3.63, 3.8) is 0 Å². The minimum absolute atomic E-state index is 0.0172. The zero-order valence-corrected chi connectivity index (χ0v) is 21.2. The molecule has 2 aliphatic rings. The van der Waals surface area contributed by atoms with E-state index < -0.39 is 34.9 Å². The normalized spacial score (nSPS) is 18.1. The average molecular weight is 584 g/mol. The number of ether oxygens (including phenoxy) is 1. The molecule has 2 aromatic carbocycles. The Morgan fingerprint density at radius 1 is 1.14 bits per heavy atom. The van der Waals surface area contributed by atoms with E-state index in [1.165, 1.54) is 24.3 Å². The van der Waals surface area contributed by atoms with E-state index in [0.717, 1.165) is 30.1 Å². The third-order valence-corrected chi connectivity index (χ3v) is 7.40. The lowest BCUT2D eigenvalue weighted by atomic mass is 10.1. The zero-order chi connectivity index (χ0) is 26.5. The molecule has 1 aliphatic carbocycles. The molecular weight excluding hydrogens is 562 g/mol. The molecule has 2 fully saturated rings. The number of hydrogen-bond acceptors (Lipinski definition) is 6. The van der Waals surface area contributed by atoms with Crippen molar-refractivity contribution in [1.29, 1.82) is 0 Å². The van der Waals surface area contributed by atoms with Gasteiger partial charge in [0.1, 0.15) is 17.4 Å². The monoisotopic (exact) mass is 583 g/mol. The maximum absolute atomic E-state index is 14.4. The summed E-state index contributed by atoms with van der Waals surface area (Å²) < 4.78 is 59.1. The molecule has 5 rings (SSSR count). The first kappa shape index (κ1) is 25.6. The molecule has 2 heterocycles. The summed E-state index contributed by atoms with van der Waals surface area (Å²) in [6.07, 6.45) is -2.74. The van der Waals surface area contributed by atoms with Gasteiger partial charge in [-0.2, -0.15) is 0 Å². The van der Waals surface area contributed by atoms with Gasteiger partial charge in [-0.15, -0.1) is 13.2 Å². The Labute approximate surface area is 216 Å². The molecule has 196 valence electrons. The molecule has 0 atom stereocenters. The standard InChI is InChI=1S/C24H22BrF4N5O3/c1-32-8-10-33(11-9-32)23(6-7-23)22(36)31-17-12-14(2-5-18(17)37-24(27,28)29)34-13-30-20-15(21(34)35)3-4-16(25)19(20)26/h2-5,12-13H,6-11H2,1H3,(H,31,36). The van der Waals surface area contributed by atoms with Gasteiger partial charge in [0.15, 0.2) is 11.6 Å². The zero-order valence-electron chi connectivity index (χ0n) is 19.6. The first-order valence-electron chi connectivity index (χ1n) is 11.5. The smallest absolute Gasteiger partial charge is 0.404 e. The Kier molecular flexibility index (Phi) is 6.49. The fourth-order valence-electron chi connectivity index (χ4n) is 4.58. The quantitative estimate of drug-likeness (QED) is 0.459. The lowest BCUT2D eigenvalue weighted by molar-refractivity contribution is -0.274. The van der Waals surface area contributed by atoms with Crippen molar-refractivity contribution in [2.75, 3.05) is 38.5 Å². The van der Waals surface area contributed by atoms with Crippen LogP contribution in [0.4, 0.5) is 23.2 Å².